The van der Waals surface area contributed by atoms with E-state index < -0.39 is 0 Å². The molecule has 0 aromatic heterocycles. The summed E-state index contributed by atoms with van der Waals surface area (Å²) >= 11 is 0. The standard InChI is InChI=1S/C23H26N4O.C2H6/c1-3-8-18(4-2)23(28)27-15-13-26(14-16-27)20-11-12-21(24)22(17-20)25-19-9-6-5-7-10-19;1-2/h3-12,17,25H,1-2,13-16,24H2;1-2H3/b18-8+;. The third-order valence-corrected chi connectivity index (χ3v) is 4.79. The van der Waals surface area contributed by atoms with Crippen molar-refractivity contribution in [3.05, 3.63) is 85.5 Å². The van der Waals surface area contributed by atoms with Crippen molar-refractivity contribution < 1.29 is 4.79 Å². The van der Waals surface area contributed by atoms with Crippen molar-refractivity contribution in [3.63, 3.8) is 0 Å². The second kappa shape index (κ2) is 11.5. The summed E-state index contributed by atoms with van der Waals surface area (Å²) in [6, 6.07) is 16.0. The van der Waals surface area contributed by atoms with Gasteiger partial charge in [-0.05, 0) is 30.3 Å². The average Bonchev–Trinajstić information content (AvgIpc) is 2.80. The molecule has 2 aromatic rings. The monoisotopic (exact) mass is 404 g/mol. The van der Waals surface area contributed by atoms with Gasteiger partial charge in [0.2, 0.25) is 0 Å². The quantitative estimate of drug-likeness (QED) is 0.405. The average molecular weight is 405 g/mol. The number of amides is 1. The van der Waals surface area contributed by atoms with Crippen LogP contribution in [0.5, 0.6) is 0 Å². The smallest absolute Gasteiger partial charge is 0.253 e. The van der Waals surface area contributed by atoms with Gasteiger partial charge >= 0.3 is 0 Å². The Hall–Kier alpha value is -3.47. The lowest BCUT2D eigenvalue weighted by Gasteiger charge is -2.36. The third kappa shape index (κ3) is 5.77. The van der Waals surface area contributed by atoms with E-state index in [1.165, 1.54) is 0 Å². The molecule has 3 rings (SSSR count). The maximum atomic E-state index is 12.6. The summed E-state index contributed by atoms with van der Waals surface area (Å²) in [5, 5.41) is 3.37. The number of nitrogens with one attached hydrogen (secondary N) is 1. The molecular formula is C25H32N4O. The Kier molecular flexibility index (Phi) is 8.75. The van der Waals surface area contributed by atoms with Crippen LogP contribution in [0.4, 0.5) is 22.7 Å². The number of anilines is 4. The van der Waals surface area contributed by atoms with Gasteiger partial charge in [-0.15, -0.1) is 0 Å². The fraction of sp³-hybridized carbons (Fsp3) is 0.240. The number of hydrogen-bond acceptors (Lipinski definition) is 4. The van der Waals surface area contributed by atoms with Gasteiger partial charge in [-0.1, -0.05) is 63.4 Å². The largest absolute Gasteiger partial charge is 0.397 e. The number of nitrogen functional groups attached to an aromatic ring is 1. The van der Waals surface area contributed by atoms with E-state index in [0.29, 0.717) is 24.4 Å². The van der Waals surface area contributed by atoms with Crippen LogP contribution in [-0.4, -0.2) is 37.0 Å². The molecule has 1 amide bonds. The Morgan fingerprint density at radius 2 is 1.70 bits per heavy atom. The van der Waals surface area contributed by atoms with E-state index in [2.05, 4.69) is 29.4 Å². The number of carbonyl (C=O) groups excluding carboxylic acids is 1. The number of piperazine rings is 1. The number of para-hydroxylation sites is 1. The van der Waals surface area contributed by atoms with Gasteiger partial charge in [0.15, 0.2) is 0 Å². The zero-order chi connectivity index (χ0) is 21.9. The summed E-state index contributed by atoms with van der Waals surface area (Å²) in [6.45, 7) is 14.2. The number of hydrogen-bond donors (Lipinski definition) is 2. The van der Waals surface area contributed by atoms with Crippen LogP contribution < -0.4 is 16.0 Å². The Labute approximate surface area is 180 Å². The maximum absolute atomic E-state index is 12.6. The zero-order valence-electron chi connectivity index (χ0n) is 18.0. The summed E-state index contributed by atoms with van der Waals surface area (Å²) < 4.78 is 0. The van der Waals surface area contributed by atoms with Crippen molar-refractivity contribution in [2.24, 2.45) is 0 Å². The molecule has 30 heavy (non-hydrogen) atoms. The highest BCUT2D eigenvalue weighted by molar-refractivity contribution is 5.96. The molecule has 1 aliphatic rings. The van der Waals surface area contributed by atoms with Crippen molar-refractivity contribution in [1.82, 2.24) is 4.90 Å². The number of allylic oxidation sites excluding steroid dienone is 2. The van der Waals surface area contributed by atoms with Gasteiger partial charge in [-0.2, -0.15) is 0 Å². The molecule has 0 spiro atoms. The molecule has 0 unspecified atom stereocenters. The summed E-state index contributed by atoms with van der Waals surface area (Å²) in [5.41, 5.74) is 10.4. The van der Waals surface area contributed by atoms with Crippen molar-refractivity contribution >= 4 is 28.7 Å². The molecule has 5 heteroatoms. The molecule has 1 saturated heterocycles. The number of benzene rings is 2. The molecule has 1 fully saturated rings. The van der Waals surface area contributed by atoms with Crippen LogP contribution in [0.25, 0.3) is 0 Å². The fourth-order valence-electron chi connectivity index (χ4n) is 3.23. The van der Waals surface area contributed by atoms with Gasteiger partial charge in [-0.25, -0.2) is 0 Å². The number of rotatable bonds is 6. The summed E-state index contributed by atoms with van der Waals surface area (Å²) in [5.74, 6) is -0.00158. The van der Waals surface area contributed by atoms with Crippen molar-refractivity contribution in [2.45, 2.75) is 13.8 Å². The van der Waals surface area contributed by atoms with Crippen molar-refractivity contribution in [3.8, 4) is 0 Å². The van der Waals surface area contributed by atoms with E-state index in [-0.39, 0.29) is 5.91 Å². The van der Waals surface area contributed by atoms with Crippen LogP contribution >= 0.6 is 0 Å². The first-order chi connectivity index (χ1) is 14.6. The summed E-state index contributed by atoms with van der Waals surface area (Å²) in [4.78, 5) is 16.7. The van der Waals surface area contributed by atoms with Gasteiger partial charge < -0.3 is 20.9 Å². The third-order valence-electron chi connectivity index (χ3n) is 4.79. The first kappa shape index (κ1) is 22.8. The maximum Gasteiger partial charge on any atom is 0.253 e. The predicted molar refractivity (Wildman–Crippen MR) is 129 cm³/mol. The van der Waals surface area contributed by atoms with E-state index in [9.17, 15) is 4.79 Å². The molecule has 1 heterocycles. The predicted octanol–water partition coefficient (Wildman–Crippen LogP) is 4.99. The minimum atomic E-state index is -0.00158. The van der Waals surface area contributed by atoms with Crippen LogP contribution in [-0.2, 0) is 4.79 Å². The normalized spacial score (nSPS) is 13.7. The summed E-state index contributed by atoms with van der Waals surface area (Å²) in [7, 11) is 0. The van der Waals surface area contributed by atoms with Gasteiger partial charge in [0.1, 0.15) is 0 Å². The number of carbonyl (C=O) groups is 1. The Bertz CT molecular complexity index is 881. The molecule has 1 aliphatic heterocycles. The van der Waals surface area contributed by atoms with E-state index in [4.69, 9.17) is 5.73 Å². The number of nitrogens with zero attached hydrogens (tertiary/aromatic N) is 2. The highest BCUT2D eigenvalue weighted by atomic mass is 16.2. The van der Waals surface area contributed by atoms with E-state index in [1.54, 1.807) is 18.2 Å². The summed E-state index contributed by atoms with van der Waals surface area (Å²) in [6.07, 6.45) is 4.89. The van der Waals surface area contributed by atoms with Crippen molar-refractivity contribution in [1.29, 1.82) is 0 Å². The molecule has 3 N–H and O–H groups in total. The molecule has 0 bridgehead atoms. The Balaban J connectivity index is 0.00000155. The van der Waals surface area contributed by atoms with Crippen LogP contribution in [0.3, 0.4) is 0 Å². The number of nitrogens with two attached hydrogens (primary N) is 1. The molecule has 0 aliphatic carbocycles. The molecule has 0 radical (unpaired) electrons. The van der Waals surface area contributed by atoms with E-state index in [1.807, 2.05) is 61.2 Å². The Morgan fingerprint density at radius 1 is 1.03 bits per heavy atom. The van der Waals surface area contributed by atoms with Crippen LogP contribution in [0.15, 0.2) is 85.5 Å². The zero-order valence-corrected chi connectivity index (χ0v) is 18.0. The minimum absolute atomic E-state index is 0.00158. The van der Waals surface area contributed by atoms with Crippen LogP contribution in [0.1, 0.15) is 13.8 Å². The lowest BCUT2D eigenvalue weighted by molar-refractivity contribution is -0.127. The molecule has 158 valence electrons. The molecular weight excluding hydrogens is 372 g/mol. The van der Waals surface area contributed by atoms with Gasteiger partial charge in [0.05, 0.1) is 11.4 Å². The lowest BCUT2D eigenvalue weighted by Crippen LogP contribution is -2.49. The van der Waals surface area contributed by atoms with Crippen molar-refractivity contribution in [2.75, 3.05) is 42.1 Å². The SMILES string of the molecule is C=C/C=C(\C=C)C(=O)N1CCN(c2ccc(N)c(Nc3ccccc3)c2)CC1.CC. The lowest BCUT2D eigenvalue weighted by atomic mass is 10.1. The minimum Gasteiger partial charge on any atom is -0.397 e. The first-order valence-electron chi connectivity index (χ1n) is 10.3. The van der Waals surface area contributed by atoms with Gasteiger partial charge in [-0.3, -0.25) is 4.79 Å². The molecule has 5 nitrogen and oxygen atoms in total. The van der Waals surface area contributed by atoms with Crippen LogP contribution in [0, 0.1) is 0 Å². The van der Waals surface area contributed by atoms with Gasteiger partial charge in [0.25, 0.3) is 5.91 Å². The Morgan fingerprint density at radius 3 is 2.30 bits per heavy atom. The van der Waals surface area contributed by atoms with Crippen LogP contribution in [0.2, 0.25) is 0 Å². The topological polar surface area (TPSA) is 61.6 Å². The van der Waals surface area contributed by atoms with E-state index in [0.717, 1.165) is 30.2 Å². The molecule has 0 saturated carbocycles. The highest BCUT2D eigenvalue weighted by Gasteiger charge is 2.22. The molecule has 2 aromatic carbocycles. The first-order valence-corrected chi connectivity index (χ1v) is 10.3. The second-order valence-electron chi connectivity index (χ2n) is 6.60. The van der Waals surface area contributed by atoms with Gasteiger partial charge in [0, 0.05) is 43.1 Å². The molecule has 0 atom stereocenters. The second-order valence-corrected chi connectivity index (χ2v) is 6.60. The fourth-order valence-corrected chi connectivity index (χ4v) is 3.23. The van der Waals surface area contributed by atoms with E-state index >= 15 is 0 Å². The highest BCUT2D eigenvalue weighted by Crippen LogP contribution is 2.29.